The Morgan fingerprint density at radius 1 is 1.07 bits per heavy atom. The molecule has 1 saturated carbocycles. The van der Waals surface area contributed by atoms with Crippen molar-refractivity contribution < 1.29 is 19.1 Å². The molecule has 0 spiro atoms. The van der Waals surface area contributed by atoms with Crippen LogP contribution in [0.4, 0.5) is 11.4 Å². The second-order valence-corrected chi connectivity index (χ2v) is 8.21. The van der Waals surface area contributed by atoms with Crippen molar-refractivity contribution in [2.75, 3.05) is 17.3 Å². The lowest BCUT2D eigenvalue weighted by Gasteiger charge is -2.19. The van der Waals surface area contributed by atoms with Crippen LogP contribution in [0.5, 0.6) is 5.75 Å². The summed E-state index contributed by atoms with van der Waals surface area (Å²) in [5, 5.41) is 2.82. The van der Waals surface area contributed by atoms with Gasteiger partial charge in [-0.2, -0.15) is 0 Å². The first-order valence-electron chi connectivity index (χ1n) is 10.1. The van der Waals surface area contributed by atoms with Gasteiger partial charge in [-0.1, -0.05) is 17.7 Å². The van der Waals surface area contributed by atoms with E-state index in [0.29, 0.717) is 22.7 Å². The van der Waals surface area contributed by atoms with E-state index >= 15 is 0 Å². The van der Waals surface area contributed by atoms with Crippen molar-refractivity contribution in [3.8, 4) is 5.75 Å². The zero-order valence-electron chi connectivity index (χ0n) is 16.8. The van der Waals surface area contributed by atoms with Gasteiger partial charge in [-0.3, -0.25) is 19.3 Å². The first-order chi connectivity index (χ1) is 14.5. The molecule has 6 nitrogen and oxygen atoms in total. The Morgan fingerprint density at radius 3 is 2.53 bits per heavy atom. The van der Waals surface area contributed by atoms with E-state index < -0.39 is 0 Å². The van der Waals surface area contributed by atoms with Crippen molar-refractivity contribution >= 4 is 29.1 Å². The number of hydrogen-bond donors (Lipinski definition) is 1. The van der Waals surface area contributed by atoms with Crippen molar-refractivity contribution in [3.63, 3.8) is 0 Å². The van der Waals surface area contributed by atoms with Crippen LogP contribution in [-0.2, 0) is 9.59 Å². The molecular formula is C24H22N2O4. The summed E-state index contributed by atoms with van der Waals surface area (Å²) in [7, 11) is 1.57. The van der Waals surface area contributed by atoms with Gasteiger partial charge in [0.2, 0.25) is 11.8 Å². The van der Waals surface area contributed by atoms with Crippen LogP contribution in [0, 0.1) is 23.7 Å². The molecule has 2 aliphatic carbocycles. The third-order valence-electron chi connectivity index (χ3n) is 6.60. The lowest BCUT2D eigenvalue weighted by atomic mass is 9.82. The molecule has 4 atom stereocenters. The van der Waals surface area contributed by atoms with Gasteiger partial charge in [-0.25, -0.2) is 0 Å². The molecule has 152 valence electrons. The Labute approximate surface area is 174 Å². The second kappa shape index (κ2) is 6.83. The van der Waals surface area contributed by atoms with Crippen LogP contribution in [0.15, 0.2) is 60.2 Å². The van der Waals surface area contributed by atoms with Crippen LogP contribution in [0.25, 0.3) is 0 Å². The number of ether oxygens (including phenoxy) is 1. The number of allylic oxidation sites excluding steroid dienone is 2. The number of anilines is 2. The number of amides is 3. The number of rotatable bonds is 4. The van der Waals surface area contributed by atoms with Crippen molar-refractivity contribution in [2.45, 2.75) is 13.3 Å². The standard InChI is InChI=1S/C24H22N2O4/c1-13-10-15-11-19(13)21-20(15)23(28)26(24(21)29)17-8-6-14(7-9-17)22(27)25-16-4-3-5-18(12-16)30-2/h3-10,12,15,19-21H,11H2,1-2H3,(H,25,27)/t15-,19+,20-,21-/m1/s1. The number of imide groups is 1. The summed E-state index contributed by atoms with van der Waals surface area (Å²) in [6.45, 7) is 2.05. The third-order valence-corrected chi connectivity index (χ3v) is 6.60. The topological polar surface area (TPSA) is 75.7 Å². The highest BCUT2D eigenvalue weighted by atomic mass is 16.5. The maximum absolute atomic E-state index is 13.0. The minimum atomic E-state index is -0.274. The molecule has 2 fully saturated rings. The summed E-state index contributed by atoms with van der Waals surface area (Å²) in [5.74, 6) is 0.0462. The quantitative estimate of drug-likeness (QED) is 0.626. The van der Waals surface area contributed by atoms with Crippen LogP contribution >= 0.6 is 0 Å². The normalized spacial score (nSPS) is 26.6. The largest absolute Gasteiger partial charge is 0.497 e. The fourth-order valence-corrected chi connectivity index (χ4v) is 5.19. The molecule has 5 rings (SSSR count). The van der Waals surface area contributed by atoms with Gasteiger partial charge < -0.3 is 10.1 Å². The summed E-state index contributed by atoms with van der Waals surface area (Å²) in [4.78, 5) is 39.9. The Morgan fingerprint density at radius 2 is 1.80 bits per heavy atom. The summed E-state index contributed by atoms with van der Waals surface area (Å²) in [6.07, 6.45) is 3.07. The molecule has 30 heavy (non-hydrogen) atoms. The van der Waals surface area contributed by atoms with E-state index in [-0.39, 0.29) is 41.4 Å². The fourth-order valence-electron chi connectivity index (χ4n) is 5.19. The molecule has 6 heteroatoms. The van der Waals surface area contributed by atoms with E-state index in [2.05, 4.69) is 18.3 Å². The number of nitrogens with zero attached hydrogens (tertiary/aromatic N) is 1. The number of carbonyl (C=O) groups is 3. The molecule has 0 aromatic heterocycles. The Hall–Kier alpha value is -3.41. The fraction of sp³-hybridized carbons (Fsp3) is 0.292. The Bertz CT molecular complexity index is 1090. The Balaban J connectivity index is 1.34. The highest BCUT2D eigenvalue weighted by Gasteiger charge is 2.60. The van der Waals surface area contributed by atoms with Crippen molar-refractivity contribution in [1.29, 1.82) is 0 Å². The summed E-state index contributed by atoms with van der Waals surface area (Å²) >= 11 is 0. The number of fused-ring (bicyclic) bond motifs is 5. The lowest BCUT2D eigenvalue weighted by Crippen LogP contribution is -2.33. The van der Waals surface area contributed by atoms with Crippen LogP contribution in [-0.4, -0.2) is 24.8 Å². The van der Waals surface area contributed by atoms with E-state index in [1.807, 2.05) is 0 Å². The molecule has 1 heterocycles. The van der Waals surface area contributed by atoms with Gasteiger partial charge in [-0.15, -0.1) is 0 Å². The average Bonchev–Trinajstić information content (AvgIpc) is 3.38. The lowest BCUT2D eigenvalue weighted by molar-refractivity contribution is -0.123. The molecule has 2 aromatic carbocycles. The smallest absolute Gasteiger partial charge is 0.255 e. The molecule has 3 amide bonds. The number of hydrogen-bond acceptors (Lipinski definition) is 4. The van der Waals surface area contributed by atoms with Crippen LogP contribution in [0.2, 0.25) is 0 Å². The minimum absolute atomic E-state index is 0.112. The van der Waals surface area contributed by atoms with Crippen LogP contribution in [0.3, 0.4) is 0 Å². The van der Waals surface area contributed by atoms with E-state index in [9.17, 15) is 14.4 Å². The molecule has 0 radical (unpaired) electrons. The molecule has 0 unspecified atom stereocenters. The zero-order chi connectivity index (χ0) is 21.0. The van der Waals surface area contributed by atoms with Gasteiger partial charge in [0.25, 0.3) is 5.91 Å². The van der Waals surface area contributed by atoms with Gasteiger partial charge >= 0.3 is 0 Å². The zero-order valence-corrected chi connectivity index (χ0v) is 16.8. The first kappa shape index (κ1) is 18.6. The van der Waals surface area contributed by atoms with Crippen molar-refractivity contribution in [3.05, 3.63) is 65.7 Å². The number of benzene rings is 2. The van der Waals surface area contributed by atoms with Gasteiger partial charge in [0.1, 0.15) is 5.75 Å². The Kier molecular flexibility index (Phi) is 4.24. The number of carbonyl (C=O) groups excluding carboxylic acids is 3. The molecule has 3 aliphatic rings. The third kappa shape index (κ3) is 2.75. The second-order valence-electron chi connectivity index (χ2n) is 8.21. The summed E-state index contributed by atoms with van der Waals surface area (Å²) in [5.41, 5.74) is 2.82. The van der Waals surface area contributed by atoms with Gasteiger partial charge in [0.15, 0.2) is 0 Å². The number of methoxy groups -OCH3 is 1. The maximum Gasteiger partial charge on any atom is 0.255 e. The highest BCUT2D eigenvalue weighted by Crippen LogP contribution is 2.55. The highest BCUT2D eigenvalue weighted by molar-refractivity contribution is 6.23. The van der Waals surface area contributed by atoms with Gasteiger partial charge in [0, 0.05) is 17.3 Å². The minimum Gasteiger partial charge on any atom is -0.497 e. The van der Waals surface area contributed by atoms with E-state index in [1.165, 1.54) is 10.5 Å². The predicted octanol–water partition coefficient (Wildman–Crippen LogP) is 3.65. The van der Waals surface area contributed by atoms with Gasteiger partial charge in [-0.05, 0) is 61.6 Å². The van der Waals surface area contributed by atoms with Crippen LogP contribution in [0.1, 0.15) is 23.7 Å². The molecule has 1 saturated heterocycles. The SMILES string of the molecule is COc1cccc(NC(=O)c2ccc(N3C(=O)[C@H]4[C@H](C3=O)[C@H]3C[C@H]4C=C3C)cc2)c1. The van der Waals surface area contributed by atoms with Crippen molar-refractivity contribution in [1.82, 2.24) is 0 Å². The van der Waals surface area contributed by atoms with E-state index in [1.54, 1.807) is 55.6 Å². The first-order valence-corrected chi connectivity index (χ1v) is 10.1. The van der Waals surface area contributed by atoms with Gasteiger partial charge in [0.05, 0.1) is 24.6 Å². The van der Waals surface area contributed by atoms with Crippen molar-refractivity contribution in [2.24, 2.45) is 23.7 Å². The summed E-state index contributed by atoms with van der Waals surface area (Å²) in [6, 6.07) is 13.7. The summed E-state index contributed by atoms with van der Waals surface area (Å²) < 4.78 is 5.17. The molecule has 1 N–H and O–H groups in total. The molecule has 2 aromatic rings. The monoisotopic (exact) mass is 402 g/mol. The molecular weight excluding hydrogens is 380 g/mol. The molecule has 2 bridgehead atoms. The predicted molar refractivity (Wildman–Crippen MR) is 112 cm³/mol. The van der Waals surface area contributed by atoms with E-state index in [0.717, 1.165) is 6.42 Å². The number of nitrogens with one attached hydrogen (secondary N) is 1. The average molecular weight is 402 g/mol. The van der Waals surface area contributed by atoms with E-state index in [4.69, 9.17) is 4.74 Å². The molecule has 1 aliphatic heterocycles. The maximum atomic E-state index is 13.0. The van der Waals surface area contributed by atoms with Crippen LogP contribution < -0.4 is 15.0 Å².